The standard InChI is InChI=1S/C43H42F3N7O9S/c1-41(18-19-41)63(58,59)52-40(57)42-22-26(42)9-5-3-2-4-6-11-29(48-37(55)32-17-20-47-62-32)39(56)53-23-27(21-30(53)36(54)51-42)60-38-34-33(28-10-7-8-12-31(28)61-34)49-35(50-38)24-13-15-25(16-14-24)43(44,45)46/h5,7-10,12-17,20,26-27,29-30H,2-4,6,11,18-19,21-23H2,1H3,(H,48,55)(H,51,54)(H,52,57)/b9-5-/t26-,27+,29-,30-,42+/m0/s1. The molecule has 3 aromatic heterocycles. The first-order valence-corrected chi connectivity index (χ1v) is 22.1. The number of carbonyl (C=O) groups is 4. The molecule has 16 nitrogen and oxygen atoms in total. The van der Waals surface area contributed by atoms with E-state index in [1.807, 2.05) is 6.08 Å². The van der Waals surface area contributed by atoms with E-state index < -0.39 is 79.8 Å². The van der Waals surface area contributed by atoms with Gasteiger partial charge in [-0.1, -0.05) is 54.4 Å². The van der Waals surface area contributed by atoms with Crippen molar-refractivity contribution in [1.29, 1.82) is 0 Å². The summed E-state index contributed by atoms with van der Waals surface area (Å²) in [5, 5.41) is 9.72. The summed E-state index contributed by atoms with van der Waals surface area (Å²) in [6.45, 7) is 1.32. The summed E-state index contributed by atoms with van der Waals surface area (Å²) < 4.78 is 85.7. The van der Waals surface area contributed by atoms with Gasteiger partial charge in [-0.15, -0.1) is 0 Å². The van der Waals surface area contributed by atoms with Crippen molar-refractivity contribution in [3.8, 4) is 17.3 Å². The molecule has 63 heavy (non-hydrogen) atoms. The van der Waals surface area contributed by atoms with Crippen LogP contribution in [0.15, 0.2) is 81.9 Å². The third-order valence-corrected chi connectivity index (χ3v) is 14.5. The van der Waals surface area contributed by atoms with Gasteiger partial charge < -0.3 is 29.2 Å². The second-order valence-corrected chi connectivity index (χ2v) is 19.0. The fourth-order valence-corrected chi connectivity index (χ4v) is 9.56. The Labute approximate surface area is 358 Å². The molecule has 1 saturated heterocycles. The number of para-hydroxylation sites is 1. The largest absolute Gasteiger partial charge is 0.470 e. The van der Waals surface area contributed by atoms with Crippen LogP contribution in [0.25, 0.3) is 33.5 Å². The summed E-state index contributed by atoms with van der Waals surface area (Å²) in [6, 6.07) is 10.2. The molecular formula is C43H42F3N7O9S. The first-order valence-electron chi connectivity index (χ1n) is 20.7. The first kappa shape index (κ1) is 42.0. The van der Waals surface area contributed by atoms with E-state index in [4.69, 9.17) is 13.7 Å². The van der Waals surface area contributed by atoms with Crippen molar-refractivity contribution < 1.29 is 54.4 Å². The van der Waals surface area contributed by atoms with E-state index >= 15 is 0 Å². The Bertz CT molecular complexity index is 2750. The van der Waals surface area contributed by atoms with Gasteiger partial charge in [-0.2, -0.15) is 18.2 Å². The number of aromatic nitrogens is 3. The molecule has 5 atom stereocenters. The van der Waals surface area contributed by atoms with Crippen LogP contribution in [0.4, 0.5) is 13.2 Å². The quantitative estimate of drug-likeness (QED) is 0.163. The molecule has 5 heterocycles. The lowest BCUT2D eigenvalue weighted by Gasteiger charge is -2.29. The maximum atomic E-state index is 14.7. The number of hydrogen-bond donors (Lipinski definition) is 3. The lowest BCUT2D eigenvalue weighted by Crippen LogP contribution is -2.58. The zero-order valence-corrected chi connectivity index (χ0v) is 34.6. The van der Waals surface area contributed by atoms with E-state index in [0.29, 0.717) is 55.0 Å². The van der Waals surface area contributed by atoms with Crippen LogP contribution < -0.4 is 20.1 Å². The van der Waals surface area contributed by atoms with E-state index in [-0.39, 0.29) is 54.4 Å². The molecule has 2 saturated carbocycles. The minimum Gasteiger partial charge on any atom is -0.470 e. The van der Waals surface area contributed by atoms with Crippen molar-refractivity contribution in [3.63, 3.8) is 0 Å². The molecule has 9 rings (SSSR count). The highest BCUT2D eigenvalue weighted by Crippen LogP contribution is 2.48. The van der Waals surface area contributed by atoms with Crippen LogP contribution in [-0.4, -0.2) is 87.1 Å². The van der Waals surface area contributed by atoms with Crippen LogP contribution in [0, 0.1) is 5.92 Å². The Morgan fingerprint density at radius 2 is 1.79 bits per heavy atom. The fourth-order valence-electron chi connectivity index (χ4n) is 8.25. The van der Waals surface area contributed by atoms with Crippen LogP contribution in [0.1, 0.15) is 80.8 Å². The summed E-state index contributed by atoms with van der Waals surface area (Å²) in [6.07, 6.45) is 2.88. The molecule has 0 spiro atoms. The van der Waals surface area contributed by atoms with Gasteiger partial charge in [0.2, 0.25) is 33.2 Å². The van der Waals surface area contributed by atoms with Gasteiger partial charge in [-0.25, -0.2) is 13.4 Å². The van der Waals surface area contributed by atoms with Gasteiger partial charge in [0.25, 0.3) is 17.7 Å². The summed E-state index contributed by atoms with van der Waals surface area (Å²) in [5.74, 6) is -3.72. The molecule has 5 aromatic rings. The van der Waals surface area contributed by atoms with E-state index in [1.165, 1.54) is 29.3 Å². The van der Waals surface area contributed by atoms with E-state index in [1.54, 1.807) is 37.3 Å². The average molecular weight is 890 g/mol. The number of allylic oxidation sites excluding steroid dienone is 1. The summed E-state index contributed by atoms with van der Waals surface area (Å²) in [4.78, 5) is 67.1. The fraction of sp³-hybridized carbons (Fsp3) is 0.419. The van der Waals surface area contributed by atoms with Gasteiger partial charge in [0.05, 0.1) is 23.1 Å². The zero-order chi connectivity index (χ0) is 44.3. The Hall–Kier alpha value is -6.31. The number of nitrogens with one attached hydrogen (secondary N) is 3. The number of halogens is 3. The summed E-state index contributed by atoms with van der Waals surface area (Å²) >= 11 is 0. The number of carbonyl (C=O) groups excluding carboxylic acids is 4. The highest BCUT2D eigenvalue weighted by Gasteiger charge is 2.63. The van der Waals surface area contributed by atoms with Gasteiger partial charge in [-0.05, 0) is 69.7 Å². The Kier molecular flexibility index (Phi) is 10.5. The summed E-state index contributed by atoms with van der Waals surface area (Å²) in [7, 11) is -4.08. The second-order valence-electron chi connectivity index (χ2n) is 16.8. The molecule has 4 amide bonds. The number of amides is 4. The molecule has 4 aliphatic rings. The van der Waals surface area contributed by atoms with Gasteiger partial charge in [0, 0.05) is 29.4 Å². The highest BCUT2D eigenvalue weighted by atomic mass is 32.2. The third-order valence-electron chi connectivity index (χ3n) is 12.4. The van der Waals surface area contributed by atoms with E-state index in [9.17, 15) is 40.8 Å². The Balaban J connectivity index is 1.07. The molecule has 3 N–H and O–H groups in total. The number of benzene rings is 2. The molecule has 20 heteroatoms. The van der Waals surface area contributed by atoms with E-state index in [0.717, 1.165) is 12.1 Å². The molecular weight excluding hydrogens is 848 g/mol. The smallest absolute Gasteiger partial charge is 0.416 e. The predicted octanol–water partition coefficient (Wildman–Crippen LogP) is 5.59. The number of rotatable bonds is 8. The van der Waals surface area contributed by atoms with Crippen molar-refractivity contribution >= 4 is 55.7 Å². The Morgan fingerprint density at radius 3 is 2.52 bits per heavy atom. The van der Waals surface area contributed by atoms with Crippen molar-refractivity contribution in [3.05, 3.63) is 84.3 Å². The van der Waals surface area contributed by atoms with Gasteiger partial charge in [-0.3, -0.25) is 23.9 Å². The maximum absolute atomic E-state index is 14.7. The molecule has 330 valence electrons. The number of sulfonamides is 1. The molecule has 0 radical (unpaired) electrons. The van der Waals surface area contributed by atoms with Crippen LogP contribution in [0.3, 0.4) is 0 Å². The highest BCUT2D eigenvalue weighted by molar-refractivity contribution is 7.91. The number of furan rings is 1. The molecule has 2 aromatic carbocycles. The molecule has 3 fully saturated rings. The molecule has 0 unspecified atom stereocenters. The van der Waals surface area contributed by atoms with Gasteiger partial charge in [0.1, 0.15) is 34.8 Å². The Morgan fingerprint density at radius 1 is 1.02 bits per heavy atom. The van der Waals surface area contributed by atoms with E-state index in [2.05, 4.69) is 30.5 Å². The number of hydrogen-bond acceptors (Lipinski definition) is 12. The summed E-state index contributed by atoms with van der Waals surface area (Å²) in [5.41, 5.74) is -1.42. The SMILES string of the molecule is CC1(S(=O)(=O)NC(=O)[C@@]23C[C@@H]2/C=C\CCCCC[C@H](NC(=O)c2ccno2)C(=O)N2C[C@H](Oc4nc(-c5ccc(C(F)(F)F)cc5)nc5c4oc4ccccc45)C[C@H]2C(=O)N3)CC1. The minimum atomic E-state index is -4.58. The first-order chi connectivity index (χ1) is 30.0. The number of fused-ring (bicyclic) bond motifs is 5. The van der Waals surface area contributed by atoms with Gasteiger partial charge >= 0.3 is 6.18 Å². The average Bonchev–Trinajstić information content (AvgIpc) is 3.88. The van der Waals surface area contributed by atoms with Crippen LogP contribution in [0.2, 0.25) is 0 Å². The van der Waals surface area contributed by atoms with Crippen molar-refractivity contribution in [2.24, 2.45) is 5.92 Å². The van der Waals surface area contributed by atoms with Crippen molar-refractivity contribution in [1.82, 2.24) is 35.4 Å². The molecule has 0 bridgehead atoms. The number of nitrogens with zero attached hydrogens (tertiary/aromatic N) is 4. The monoisotopic (exact) mass is 889 g/mol. The van der Waals surface area contributed by atoms with Crippen molar-refractivity contribution in [2.75, 3.05) is 6.54 Å². The van der Waals surface area contributed by atoms with Crippen LogP contribution in [0.5, 0.6) is 5.88 Å². The second kappa shape index (κ2) is 15.8. The topological polar surface area (TPSA) is 216 Å². The lowest BCUT2D eigenvalue weighted by atomic mass is 10.0. The van der Waals surface area contributed by atoms with Crippen LogP contribution >= 0.6 is 0 Å². The number of ether oxygens (including phenoxy) is 1. The normalized spacial score (nSPS) is 25.6. The van der Waals surface area contributed by atoms with Crippen molar-refractivity contribution in [2.45, 2.75) is 99.4 Å². The lowest BCUT2D eigenvalue weighted by molar-refractivity contribution is -0.141. The molecule has 2 aliphatic carbocycles. The minimum absolute atomic E-state index is 0.0189. The third kappa shape index (κ3) is 8.11. The molecule has 2 aliphatic heterocycles. The number of alkyl halides is 3. The predicted molar refractivity (Wildman–Crippen MR) is 218 cm³/mol. The zero-order valence-electron chi connectivity index (χ0n) is 33.8. The van der Waals surface area contributed by atoms with Crippen LogP contribution in [-0.2, 0) is 30.6 Å². The maximum Gasteiger partial charge on any atom is 0.416 e. The van der Waals surface area contributed by atoms with Gasteiger partial charge in [0.15, 0.2) is 5.82 Å².